The van der Waals surface area contributed by atoms with Crippen molar-refractivity contribution in [2.45, 2.75) is 26.7 Å². The molecule has 3 aromatic rings. The van der Waals surface area contributed by atoms with E-state index in [1.54, 1.807) is 18.2 Å². The summed E-state index contributed by atoms with van der Waals surface area (Å²) in [5, 5.41) is 11.2. The van der Waals surface area contributed by atoms with Crippen molar-refractivity contribution >= 4 is 34.4 Å². The fourth-order valence-corrected chi connectivity index (χ4v) is 4.74. The minimum atomic E-state index is -0.482. The average Bonchev–Trinajstić information content (AvgIpc) is 3.10. The Morgan fingerprint density at radius 1 is 0.853 bits per heavy atom. The lowest BCUT2D eigenvalue weighted by Gasteiger charge is -2.32. The zero-order chi connectivity index (χ0) is 24.0. The van der Waals surface area contributed by atoms with Gasteiger partial charge in [-0.25, -0.2) is 4.90 Å². The second-order valence-corrected chi connectivity index (χ2v) is 8.58. The molecule has 0 aliphatic carbocycles. The highest BCUT2D eigenvalue weighted by atomic mass is 16.6. The highest BCUT2D eigenvalue weighted by Gasteiger charge is 2.44. The van der Waals surface area contributed by atoms with E-state index < -0.39 is 10.8 Å². The van der Waals surface area contributed by atoms with E-state index in [-0.39, 0.29) is 17.2 Å². The summed E-state index contributed by atoms with van der Waals surface area (Å²) < 4.78 is 0. The molecule has 3 aromatic carbocycles. The third-order valence-electron chi connectivity index (χ3n) is 6.62. The zero-order valence-electron chi connectivity index (χ0n) is 18.9. The molecule has 0 fully saturated rings. The Kier molecular flexibility index (Phi) is 5.24. The van der Waals surface area contributed by atoms with Gasteiger partial charge in [0, 0.05) is 24.4 Å². The molecule has 0 atom stereocenters. The Hall–Kier alpha value is -4.26. The lowest BCUT2D eigenvalue weighted by molar-refractivity contribution is -0.384. The minimum absolute atomic E-state index is 0.0719. The van der Waals surface area contributed by atoms with Gasteiger partial charge < -0.3 is 4.90 Å². The fourth-order valence-electron chi connectivity index (χ4n) is 4.74. The van der Waals surface area contributed by atoms with Gasteiger partial charge in [0.25, 0.3) is 17.5 Å². The van der Waals surface area contributed by atoms with E-state index >= 15 is 0 Å². The van der Waals surface area contributed by atoms with Crippen LogP contribution in [0.25, 0.3) is 5.57 Å². The van der Waals surface area contributed by atoms with E-state index in [1.807, 2.05) is 55.1 Å². The summed E-state index contributed by atoms with van der Waals surface area (Å²) in [5.41, 5.74) is 5.40. The molecule has 0 aromatic heterocycles. The van der Waals surface area contributed by atoms with Crippen molar-refractivity contribution in [3.63, 3.8) is 0 Å². The molecule has 34 heavy (non-hydrogen) atoms. The van der Waals surface area contributed by atoms with Crippen molar-refractivity contribution in [2.24, 2.45) is 0 Å². The normalized spacial score (nSPS) is 15.7. The maximum Gasteiger partial charge on any atom is 0.282 e. The van der Waals surface area contributed by atoms with Crippen LogP contribution >= 0.6 is 0 Å². The number of hydrogen-bond donors (Lipinski definition) is 0. The Bertz CT molecular complexity index is 1370. The molecule has 0 saturated carbocycles. The topological polar surface area (TPSA) is 83.8 Å². The number of nitrogens with zero attached hydrogens (tertiary/aromatic N) is 3. The summed E-state index contributed by atoms with van der Waals surface area (Å²) in [5.74, 6) is -0.811. The SMILES string of the molecule is Cc1cccc(N2C(=O)C(c3ccc([N+](=O)[O-])cc3)=C(N3CCCc4ccccc43)C2=O)c1C. The number of non-ortho nitro benzene ring substituents is 1. The van der Waals surface area contributed by atoms with Crippen molar-refractivity contribution in [3.8, 4) is 0 Å². The minimum Gasteiger partial charge on any atom is -0.336 e. The number of benzene rings is 3. The van der Waals surface area contributed by atoms with Crippen LogP contribution in [0.2, 0.25) is 0 Å². The molecule has 0 bridgehead atoms. The van der Waals surface area contributed by atoms with E-state index in [1.165, 1.54) is 17.0 Å². The van der Waals surface area contributed by atoms with E-state index in [4.69, 9.17) is 0 Å². The van der Waals surface area contributed by atoms with E-state index in [0.29, 0.717) is 23.5 Å². The maximum atomic E-state index is 13.9. The number of nitro benzene ring substituents is 1. The summed E-state index contributed by atoms with van der Waals surface area (Å²) in [6.45, 7) is 4.43. The number of amides is 2. The molecule has 0 radical (unpaired) electrons. The summed E-state index contributed by atoms with van der Waals surface area (Å²) in [4.78, 5) is 41.6. The first-order valence-corrected chi connectivity index (χ1v) is 11.2. The van der Waals surface area contributed by atoms with Gasteiger partial charge in [-0.05, 0) is 73.2 Å². The van der Waals surface area contributed by atoms with Crippen LogP contribution in [0.3, 0.4) is 0 Å². The predicted molar refractivity (Wildman–Crippen MR) is 131 cm³/mol. The van der Waals surface area contributed by atoms with Crippen LogP contribution in [0.15, 0.2) is 72.4 Å². The highest BCUT2D eigenvalue weighted by molar-refractivity contribution is 6.46. The number of fused-ring (bicyclic) bond motifs is 1. The lowest BCUT2D eigenvalue weighted by Crippen LogP contribution is -2.37. The van der Waals surface area contributed by atoms with E-state index in [0.717, 1.165) is 35.2 Å². The van der Waals surface area contributed by atoms with Crippen molar-refractivity contribution in [2.75, 3.05) is 16.3 Å². The van der Waals surface area contributed by atoms with Gasteiger partial charge in [-0.1, -0.05) is 30.3 Å². The number of para-hydroxylation sites is 1. The molecule has 0 saturated heterocycles. The molecule has 2 aliphatic rings. The van der Waals surface area contributed by atoms with Crippen LogP contribution in [0.1, 0.15) is 28.7 Å². The number of imide groups is 1. The molecular weight excluding hydrogens is 430 g/mol. The molecule has 0 N–H and O–H groups in total. The number of carbonyl (C=O) groups is 2. The summed E-state index contributed by atoms with van der Waals surface area (Å²) in [6.07, 6.45) is 1.74. The van der Waals surface area contributed by atoms with Gasteiger partial charge >= 0.3 is 0 Å². The van der Waals surface area contributed by atoms with Crippen LogP contribution in [-0.4, -0.2) is 23.3 Å². The molecule has 7 heteroatoms. The molecule has 0 spiro atoms. The number of carbonyl (C=O) groups excluding carboxylic acids is 2. The van der Waals surface area contributed by atoms with E-state index in [2.05, 4.69) is 0 Å². The first-order chi connectivity index (χ1) is 16.4. The molecule has 2 aliphatic heterocycles. The van der Waals surface area contributed by atoms with E-state index in [9.17, 15) is 19.7 Å². The van der Waals surface area contributed by atoms with Crippen molar-refractivity contribution in [1.29, 1.82) is 0 Å². The second-order valence-electron chi connectivity index (χ2n) is 8.58. The van der Waals surface area contributed by atoms with Crippen molar-refractivity contribution < 1.29 is 14.5 Å². The first-order valence-electron chi connectivity index (χ1n) is 11.2. The standard InChI is InChI=1S/C27H23N3O4/c1-17-7-5-11-22(18(17)2)29-26(31)24(20-12-14-21(15-13-20)30(33)34)25(27(29)32)28-16-6-9-19-8-3-4-10-23(19)28/h3-5,7-8,10-15H,6,9,16H2,1-2H3. The average molecular weight is 453 g/mol. The third-order valence-corrected chi connectivity index (χ3v) is 6.62. The maximum absolute atomic E-state index is 13.9. The van der Waals surface area contributed by atoms with Gasteiger partial charge in [-0.3, -0.25) is 19.7 Å². The smallest absolute Gasteiger partial charge is 0.282 e. The Morgan fingerprint density at radius 3 is 2.29 bits per heavy atom. The van der Waals surface area contributed by atoms with Crippen LogP contribution in [-0.2, 0) is 16.0 Å². The van der Waals surface area contributed by atoms with Crippen LogP contribution in [0.4, 0.5) is 17.1 Å². The summed E-state index contributed by atoms with van der Waals surface area (Å²) in [6, 6.07) is 19.3. The Labute approximate surface area is 197 Å². The monoisotopic (exact) mass is 453 g/mol. The first kappa shape index (κ1) is 21.6. The Morgan fingerprint density at radius 2 is 1.56 bits per heavy atom. The van der Waals surface area contributed by atoms with Crippen LogP contribution in [0, 0.1) is 24.0 Å². The van der Waals surface area contributed by atoms with Gasteiger partial charge in [-0.2, -0.15) is 0 Å². The van der Waals surface area contributed by atoms with Gasteiger partial charge in [0.15, 0.2) is 0 Å². The number of nitro groups is 1. The van der Waals surface area contributed by atoms with Gasteiger partial charge in [-0.15, -0.1) is 0 Å². The van der Waals surface area contributed by atoms with Crippen LogP contribution in [0.5, 0.6) is 0 Å². The molecular formula is C27H23N3O4. The second kappa shape index (κ2) is 8.26. The molecule has 2 amide bonds. The molecule has 2 heterocycles. The number of aryl methyl sites for hydroxylation is 2. The summed E-state index contributed by atoms with van der Waals surface area (Å²) in [7, 11) is 0. The Balaban J connectivity index is 1.71. The molecule has 7 nitrogen and oxygen atoms in total. The largest absolute Gasteiger partial charge is 0.336 e. The zero-order valence-corrected chi connectivity index (χ0v) is 18.9. The molecule has 5 rings (SSSR count). The fraction of sp³-hybridized carbons (Fsp3) is 0.185. The van der Waals surface area contributed by atoms with Gasteiger partial charge in [0.05, 0.1) is 16.2 Å². The number of rotatable bonds is 4. The summed E-state index contributed by atoms with van der Waals surface area (Å²) >= 11 is 0. The number of hydrogen-bond acceptors (Lipinski definition) is 5. The molecule has 0 unspecified atom stereocenters. The lowest BCUT2D eigenvalue weighted by atomic mass is 9.98. The third kappa shape index (κ3) is 3.37. The van der Waals surface area contributed by atoms with Crippen molar-refractivity contribution in [1.82, 2.24) is 0 Å². The van der Waals surface area contributed by atoms with Crippen molar-refractivity contribution in [3.05, 3.63) is 105 Å². The predicted octanol–water partition coefficient (Wildman–Crippen LogP) is 4.95. The molecule has 170 valence electrons. The van der Waals surface area contributed by atoms with Crippen LogP contribution < -0.4 is 9.80 Å². The van der Waals surface area contributed by atoms with Gasteiger partial charge in [0.1, 0.15) is 5.70 Å². The highest BCUT2D eigenvalue weighted by Crippen LogP contribution is 2.40. The number of anilines is 2. The van der Waals surface area contributed by atoms with Gasteiger partial charge in [0.2, 0.25) is 0 Å². The quantitative estimate of drug-likeness (QED) is 0.317.